The Morgan fingerprint density at radius 2 is 1.22 bits per heavy atom. The molecule has 1 aliphatic rings. The normalized spacial score (nSPS) is 15.9. The van der Waals surface area contributed by atoms with Crippen molar-refractivity contribution in [2.75, 3.05) is 11.5 Å². The number of allylic oxidation sites excluding steroid dienone is 3. The number of carbonyl (C=O) groups excluding carboxylic acids is 1. The molecule has 4 rings (SSSR count). The van der Waals surface area contributed by atoms with Gasteiger partial charge >= 0.3 is 5.97 Å². The lowest BCUT2D eigenvalue weighted by Gasteiger charge is -2.29. The van der Waals surface area contributed by atoms with Crippen molar-refractivity contribution in [1.29, 1.82) is 0 Å². The molecule has 0 N–H and O–H groups in total. The first-order chi connectivity index (χ1) is 22.6. The fraction of sp³-hybridized carbons (Fsp3) is 0.452. The second-order valence-electron chi connectivity index (χ2n) is 12.5. The average molecular weight is 655 g/mol. The van der Waals surface area contributed by atoms with E-state index in [1.54, 1.807) is 11.8 Å². The molecule has 0 radical (unpaired) electrons. The Bertz CT molecular complexity index is 1340. The van der Waals surface area contributed by atoms with Gasteiger partial charge < -0.3 is 4.74 Å². The zero-order valence-corrected chi connectivity index (χ0v) is 29.8. The van der Waals surface area contributed by atoms with Gasteiger partial charge in [-0.1, -0.05) is 157 Å². The first-order valence-corrected chi connectivity index (χ1v) is 19.7. The Labute approximate surface area is 287 Å². The monoisotopic (exact) mass is 654 g/mol. The molecule has 46 heavy (non-hydrogen) atoms. The molecule has 0 aliphatic heterocycles. The third-order valence-electron chi connectivity index (χ3n) is 8.74. The van der Waals surface area contributed by atoms with Crippen LogP contribution in [-0.4, -0.2) is 22.2 Å². The van der Waals surface area contributed by atoms with Gasteiger partial charge in [-0.05, 0) is 77.3 Å². The molecule has 0 heterocycles. The number of unbranched alkanes of at least 4 members (excludes halogenated alkanes) is 11. The third kappa shape index (κ3) is 11.8. The highest BCUT2D eigenvalue weighted by Crippen LogP contribution is 2.39. The quantitative estimate of drug-likeness (QED) is 0.0494. The maximum absolute atomic E-state index is 13.7. The minimum atomic E-state index is -0.702. The maximum atomic E-state index is 13.7. The summed E-state index contributed by atoms with van der Waals surface area (Å²) in [6.07, 6.45) is 24.2. The number of ether oxygens (including phenoxy) is 1. The number of esters is 1. The SMILES string of the molecule is CCCCCCCCCCCCSc1ccc(-c2ccc(OC(=O)C3(SCCCCC)C=CC(c4ccccc4)=CC3)cc2)cc1. The van der Waals surface area contributed by atoms with Crippen LogP contribution in [0.1, 0.15) is 109 Å². The van der Waals surface area contributed by atoms with Gasteiger partial charge in [0.2, 0.25) is 0 Å². The average Bonchev–Trinajstić information content (AvgIpc) is 3.10. The van der Waals surface area contributed by atoms with Gasteiger partial charge in [0.1, 0.15) is 10.5 Å². The summed E-state index contributed by atoms with van der Waals surface area (Å²) < 4.78 is 5.32. The topological polar surface area (TPSA) is 26.3 Å². The van der Waals surface area contributed by atoms with Crippen LogP contribution in [0.25, 0.3) is 16.7 Å². The summed E-state index contributed by atoms with van der Waals surface area (Å²) >= 11 is 3.68. The van der Waals surface area contributed by atoms with Crippen molar-refractivity contribution in [3.05, 3.63) is 103 Å². The molecule has 0 spiro atoms. The van der Waals surface area contributed by atoms with Crippen molar-refractivity contribution >= 4 is 35.1 Å². The third-order valence-corrected chi connectivity index (χ3v) is 11.3. The number of hydrogen-bond donors (Lipinski definition) is 0. The lowest BCUT2D eigenvalue weighted by atomic mass is 9.92. The Morgan fingerprint density at radius 1 is 0.652 bits per heavy atom. The van der Waals surface area contributed by atoms with E-state index in [1.807, 2.05) is 30.0 Å². The van der Waals surface area contributed by atoms with Crippen molar-refractivity contribution in [2.45, 2.75) is 113 Å². The molecule has 1 aliphatic carbocycles. The predicted octanol–water partition coefficient (Wildman–Crippen LogP) is 13.0. The summed E-state index contributed by atoms with van der Waals surface area (Å²) in [5, 5.41) is 0. The largest absolute Gasteiger partial charge is 0.425 e. The zero-order valence-electron chi connectivity index (χ0n) is 28.2. The number of thioether (sulfide) groups is 2. The lowest BCUT2D eigenvalue weighted by Crippen LogP contribution is -2.38. The van der Waals surface area contributed by atoms with Gasteiger partial charge in [0, 0.05) is 4.90 Å². The zero-order chi connectivity index (χ0) is 32.3. The van der Waals surface area contributed by atoms with E-state index in [4.69, 9.17) is 4.74 Å². The van der Waals surface area contributed by atoms with Crippen molar-refractivity contribution in [3.8, 4) is 16.9 Å². The molecule has 0 saturated heterocycles. The standard InChI is InChI=1S/C42H54O2S2/c1-3-5-7-8-9-10-11-12-13-18-33-45-40-27-23-37(24-28-40)36-21-25-39(26-22-36)44-41(43)42(46-34-17-6-4-2)31-29-38(30-32-42)35-19-15-14-16-20-35/h14-16,19-31H,3-13,17-18,32-34H2,1-2H3. The van der Waals surface area contributed by atoms with Gasteiger partial charge in [0.05, 0.1) is 0 Å². The molecule has 0 bridgehead atoms. The summed E-state index contributed by atoms with van der Waals surface area (Å²) in [6, 6.07) is 27.2. The molecule has 3 aromatic carbocycles. The highest BCUT2D eigenvalue weighted by atomic mass is 32.2. The van der Waals surface area contributed by atoms with E-state index in [0.717, 1.165) is 23.3 Å². The predicted molar refractivity (Wildman–Crippen MR) is 203 cm³/mol. The molecule has 0 fully saturated rings. The van der Waals surface area contributed by atoms with E-state index in [-0.39, 0.29) is 5.97 Å². The Kier molecular flexibility index (Phi) is 16.1. The maximum Gasteiger partial charge on any atom is 0.331 e. The Hall–Kier alpha value is -2.69. The number of rotatable bonds is 21. The van der Waals surface area contributed by atoms with E-state index in [0.29, 0.717) is 12.2 Å². The smallest absolute Gasteiger partial charge is 0.331 e. The van der Waals surface area contributed by atoms with Crippen molar-refractivity contribution in [2.24, 2.45) is 0 Å². The van der Waals surface area contributed by atoms with Crippen LogP contribution in [0.4, 0.5) is 0 Å². The van der Waals surface area contributed by atoms with Gasteiger partial charge in [0.25, 0.3) is 0 Å². The van der Waals surface area contributed by atoms with Crippen LogP contribution in [-0.2, 0) is 4.79 Å². The molecular weight excluding hydrogens is 601 g/mol. The first-order valence-electron chi connectivity index (χ1n) is 17.8. The van der Waals surface area contributed by atoms with E-state index < -0.39 is 4.75 Å². The van der Waals surface area contributed by atoms with E-state index in [9.17, 15) is 4.79 Å². The summed E-state index contributed by atoms with van der Waals surface area (Å²) in [4.78, 5) is 15.0. The Balaban J connectivity index is 1.24. The van der Waals surface area contributed by atoms with Gasteiger partial charge in [0.15, 0.2) is 0 Å². The van der Waals surface area contributed by atoms with Crippen LogP contribution in [0.2, 0.25) is 0 Å². The molecule has 1 unspecified atom stereocenters. The second-order valence-corrected chi connectivity index (χ2v) is 15.1. The number of carbonyl (C=O) groups is 1. The highest BCUT2D eigenvalue weighted by Gasteiger charge is 2.39. The first kappa shape index (κ1) is 36.2. The fourth-order valence-corrected chi connectivity index (χ4v) is 7.97. The molecule has 1 atom stereocenters. The van der Waals surface area contributed by atoms with Crippen LogP contribution in [0, 0.1) is 0 Å². The van der Waals surface area contributed by atoms with Crippen LogP contribution in [0.15, 0.2) is 102 Å². The second kappa shape index (κ2) is 20.5. The minimum Gasteiger partial charge on any atom is -0.425 e. The molecular formula is C42H54O2S2. The molecule has 2 nitrogen and oxygen atoms in total. The van der Waals surface area contributed by atoms with Crippen LogP contribution in [0.3, 0.4) is 0 Å². The van der Waals surface area contributed by atoms with Crippen molar-refractivity contribution in [1.82, 2.24) is 0 Å². The summed E-state index contributed by atoms with van der Waals surface area (Å²) in [5.74, 6) is 2.53. The summed E-state index contributed by atoms with van der Waals surface area (Å²) in [7, 11) is 0. The fourth-order valence-electron chi connectivity index (χ4n) is 5.82. The molecule has 0 aromatic heterocycles. The molecule has 0 saturated carbocycles. The van der Waals surface area contributed by atoms with Gasteiger partial charge in [-0.15, -0.1) is 23.5 Å². The Morgan fingerprint density at radius 3 is 1.83 bits per heavy atom. The highest BCUT2D eigenvalue weighted by molar-refractivity contribution is 8.01. The van der Waals surface area contributed by atoms with Gasteiger partial charge in [-0.2, -0.15) is 0 Å². The lowest BCUT2D eigenvalue weighted by molar-refractivity contribution is -0.135. The van der Waals surface area contributed by atoms with Crippen LogP contribution in [0.5, 0.6) is 5.75 Å². The summed E-state index contributed by atoms with van der Waals surface area (Å²) in [6.45, 7) is 4.49. The number of benzene rings is 3. The summed E-state index contributed by atoms with van der Waals surface area (Å²) in [5.41, 5.74) is 4.64. The van der Waals surface area contributed by atoms with Crippen molar-refractivity contribution in [3.63, 3.8) is 0 Å². The van der Waals surface area contributed by atoms with Crippen molar-refractivity contribution < 1.29 is 9.53 Å². The molecule has 0 amide bonds. The number of hydrogen-bond acceptors (Lipinski definition) is 4. The van der Waals surface area contributed by atoms with Crippen LogP contribution < -0.4 is 4.74 Å². The molecule has 4 heteroatoms. The van der Waals surface area contributed by atoms with E-state index in [1.165, 1.54) is 98.8 Å². The van der Waals surface area contributed by atoms with Crippen LogP contribution >= 0.6 is 23.5 Å². The molecule has 246 valence electrons. The van der Waals surface area contributed by atoms with Gasteiger partial charge in [-0.25, -0.2) is 4.79 Å². The van der Waals surface area contributed by atoms with E-state index in [2.05, 4.69) is 92.7 Å². The minimum absolute atomic E-state index is 0.190. The molecule has 3 aromatic rings. The van der Waals surface area contributed by atoms with E-state index >= 15 is 0 Å². The van der Waals surface area contributed by atoms with Gasteiger partial charge in [-0.3, -0.25) is 0 Å².